The van der Waals surface area contributed by atoms with Crippen LogP contribution in [-0.2, 0) is 33.7 Å². The number of hydrogen-bond donors (Lipinski definition) is 0. The molecular weight excluding hydrogens is 558 g/mol. The highest BCUT2D eigenvalue weighted by Crippen LogP contribution is 2.41. The van der Waals surface area contributed by atoms with E-state index in [9.17, 15) is 4.79 Å². The van der Waals surface area contributed by atoms with Gasteiger partial charge in [0, 0.05) is 25.7 Å². The van der Waals surface area contributed by atoms with Gasteiger partial charge >= 0.3 is 6.09 Å². The van der Waals surface area contributed by atoms with Crippen molar-refractivity contribution in [2.24, 2.45) is 0 Å². The molecule has 0 aliphatic carbocycles. The summed E-state index contributed by atoms with van der Waals surface area (Å²) in [4.78, 5) is 20.5. The van der Waals surface area contributed by atoms with Gasteiger partial charge < -0.3 is 23.2 Å². The van der Waals surface area contributed by atoms with Crippen molar-refractivity contribution in [1.82, 2.24) is 14.5 Å². The second kappa shape index (κ2) is 13.2. The molecule has 0 unspecified atom stereocenters. The first kappa shape index (κ1) is 32.8. The molecule has 2 aromatic carbocycles. The minimum absolute atomic E-state index is 0.0535. The van der Waals surface area contributed by atoms with E-state index in [0.29, 0.717) is 32.7 Å². The second-order valence-corrected chi connectivity index (χ2v) is 18.7. The zero-order valence-corrected chi connectivity index (χ0v) is 28.3. The van der Waals surface area contributed by atoms with Crippen LogP contribution in [-0.4, -0.2) is 54.2 Å². The Labute approximate surface area is 258 Å². The van der Waals surface area contributed by atoms with Gasteiger partial charge in [-0.15, -0.1) is 0 Å². The molecule has 4 rings (SSSR count). The van der Waals surface area contributed by atoms with Crippen molar-refractivity contribution in [1.29, 1.82) is 0 Å². The first-order valence-corrected chi connectivity index (χ1v) is 18.0. The molecule has 1 amide bonds. The number of likely N-dealkylation sites (tertiary alicyclic amines) is 1. The molecule has 1 aliphatic heterocycles. The Hall–Kier alpha value is -3.14. The molecular formula is C34H49N3O5Si. The number of carbonyl (C=O) groups is 1. The van der Waals surface area contributed by atoms with Gasteiger partial charge in [-0.2, -0.15) is 0 Å². The number of ether oxygens (including phenoxy) is 3. The lowest BCUT2D eigenvalue weighted by Gasteiger charge is -2.38. The maximum absolute atomic E-state index is 13.6. The predicted molar refractivity (Wildman–Crippen MR) is 172 cm³/mol. The number of nitrogens with zero attached hydrogens (tertiary/aromatic N) is 3. The van der Waals surface area contributed by atoms with Gasteiger partial charge in [0.1, 0.15) is 17.2 Å². The molecule has 0 saturated carbocycles. The summed E-state index contributed by atoms with van der Waals surface area (Å²) in [6, 6.07) is 17.8. The van der Waals surface area contributed by atoms with E-state index in [1.54, 1.807) is 7.11 Å². The number of rotatable bonds is 10. The van der Waals surface area contributed by atoms with Crippen LogP contribution in [0, 0.1) is 0 Å². The largest absolute Gasteiger partial charge is 0.497 e. The van der Waals surface area contributed by atoms with Gasteiger partial charge in [-0.25, -0.2) is 9.78 Å². The van der Waals surface area contributed by atoms with Crippen LogP contribution in [0.5, 0.6) is 5.75 Å². The summed E-state index contributed by atoms with van der Waals surface area (Å²) in [7, 11) is -0.413. The van der Waals surface area contributed by atoms with Gasteiger partial charge in [0.2, 0.25) is 0 Å². The highest BCUT2D eigenvalue weighted by molar-refractivity contribution is 6.74. The molecule has 8 nitrogen and oxygen atoms in total. The molecule has 0 spiro atoms. The molecule has 43 heavy (non-hydrogen) atoms. The maximum Gasteiger partial charge on any atom is 0.411 e. The van der Waals surface area contributed by atoms with Crippen LogP contribution >= 0.6 is 0 Å². The summed E-state index contributed by atoms with van der Waals surface area (Å²) in [6.07, 6.45) is 2.23. The normalized spacial score (nSPS) is 17.7. The first-order valence-electron chi connectivity index (χ1n) is 15.1. The quantitative estimate of drug-likeness (QED) is 0.220. The van der Waals surface area contributed by atoms with E-state index in [4.69, 9.17) is 23.6 Å². The summed E-state index contributed by atoms with van der Waals surface area (Å²) in [5.74, 6) is 1.61. The fraction of sp³-hybridized carbons (Fsp3) is 0.529. The summed E-state index contributed by atoms with van der Waals surface area (Å²) in [6.45, 7) is 18.8. The Morgan fingerprint density at radius 3 is 2.23 bits per heavy atom. The number of imidazole rings is 1. The molecule has 1 fully saturated rings. The summed E-state index contributed by atoms with van der Waals surface area (Å²) >= 11 is 0. The van der Waals surface area contributed by atoms with Crippen LogP contribution in [0.15, 0.2) is 60.8 Å². The molecule has 9 heteroatoms. The van der Waals surface area contributed by atoms with E-state index >= 15 is 0 Å². The molecule has 2 heterocycles. The molecule has 0 bridgehead atoms. The van der Waals surface area contributed by atoms with Gasteiger partial charge in [0.15, 0.2) is 8.32 Å². The lowest BCUT2D eigenvalue weighted by atomic mass is 10.1. The maximum atomic E-state index is 13.6. The molecule has 3 aromatic rings. The highest BCUT2D eigenvalue weighted by Gasteiger charge is 2.46. The zero-order chi connectivity index (χ0) is 31.4. The standard InChI is InChI=1S/C34H49N3O5Si/c1-33(2,3)41-32(38)37-22-29(42-43(8,9)34(4,5)6)19-30(37)31-35-27(24-40-23-26-13-11-10-12-14-26)21-36(31)20-25-15-17-28(39-7)18-16-25/h10-18,21,29-30H,19-20,22-24H2,1-9H3/t29-,30+/m1/s1. The predicted octanol–water partition coefficient (Wildman–Crippen LogP) is 7.73. The number of amides is 1. The van der Waals surface area contributed by atoms with Crippen LogP contribution in [0.2, 0.25) is 18.1 Å². The van der Waals surface area contributed by atoms with Crippen LogP contribution < -0.4 is 4.74 Å². The Balaban J connectivity index is 1.65. The van der Waals surface area contributed by atoms with Crippen LogP contribution in [0.4, 0.5) is 4.79 Å². The Morgan fingerprint density at radius 2 is 1.63 bits per heavy atom. The van der Waals surface area contributed by atoms with E-state index in [0.717, 1.165) is 28.4 Å². The van der Waals surface area contributed by atoms with E-state index in [2.05, 4.69) is 50.6 Å². The van der Waals surface area contributed by atoms with Gasteiger partial charge in [0.05, 0.1) is 38.2 Å². The topological polar surface area (TPSA) is 75.1 Å². The van der Waals surface area contributed by atoms with Gasteiger partial charge in [-0.3, -0.25) is 4.90 Å². The second-order valence-electron chi connectivity index (χ2n) is 13.9. The lowest BCUT2D eigenvalue weighted by molar-refractivity contribution is 0.0200. The van der Waals surface area contributed by atoms with Crippen molar-refractivity contribution in [3.8, 4) is 5.75 Å². The number of methoxy groups -OCH3 is 1. The van der Waals surface area contributed by atoms with Crippen molar-refractivity contribution in [3.05, 3.63) is 83.4 Å². The Bertz CT molecular complexity index is 1340. The third-order valence-electron chi connectivity index (χ3n) is 8.19. The van der Waals surface area contributed by atoms with E-state index in [1.165, 1.54) is 0 Å². The lowest BCUT2D eigenvalue weighted by Crippen LogP contribution is -2.45. The van der Waals surface area contributed by atoms with Crippen LogP contribution in [0.1, 0.15) is 76.7 Å². The van der Waals surface area contributed by atoms with Gasteiger partial charge in [-0.05, 0) is 62.2 Å². The SMILES string of the molecule is COc1ccc(Cn2cc(COCc3ccccc3)nc2[C@@H]2C[C@@H](O[Si](C)(C)C(C)(C)C)CN2C(=O)OC(C)(C)C)cc1. The molecule has 0 N–H and O–H groups in total. The Kier molecular flexibility index (Phi) is 10.1. The fourth-order valence-electron chi connectivity index (χ4n) is 4.97. The van der Waals surface area contributed by atoms with Gasteiger partial charge in [0.25, 0.3) is 0 Å². The average molecular weight is 608 g/mol. The summed E-state index contributed by atoms with van der Waals surface area (Å²) in [5, 5.41) is 0.0535. The molecule has 1 aromatic heterocycles. The van der Waals surface area contributed by atoms with E-state index in [1.807, 2.05) is 74.3 Å². The fourth-order valence-corrected chi connectivity index (χ4v) is 6.32. The minimum atomic E-state index is -2.08. The third kappa shape index (κ3) is 8.71. The number of aromatic nitrogens is 2. The van der Waals surface area contributed by atoms with E-state index < -0.39 is 13.9 Å². The number of carbonyl (C=O) groups excluding carboxylic acids is 1. The van der Waals surface area contributed by atoms with Crippen molar-refractivity contribution in [2.45, 2.75) is 104 Å². The smallest absolute Gasteiger partial charge is 0.411 e. The average Bonchev–Trinajstić information content (AvgIpc) is 3.51. The summed E-state index contributed by atoms with van der Waals surface area (Å²) < 4.78 is 26.3. The molecule has 1 saturated heterocycles. The van der Waals surface area contributed by atoms with Crippen molar-refractivity contribution < 1.29 is 23.4 Å². The van der Waals surface area contributed by atoms with Gasteiger partial charge in [-0.1, -0.05) is 63.2 Å². The van der Waals surface area contributed by atoms with Crippen LogP contribution in [0.25, 0.3) is 0 Å². The number of benzene rings is 2. The zero-order valence-electron chi connectivity index (χ0n) is 27.3. The molecule has 0 radical (unpaired) electrons. The van der Waals surface area contributed by atoms with Crippen LogP contribution in [0.3, 0.4) is 0 Å². The van der Waals surface area contributed by atoms with Crippen molar-refractivity contribution in [2.75, 3.05) is 13.7 Å². The minimum Gasteiger partial charge on any atom is -0.497 e. The van der Waals surface area contributed by atoms with Crippen molar-refractivity contribution >= 4 is 14.4 Å². The summed E-state index contributed by atoms with van der Waals surface area (Å²) in [5.41, 5.74) is 2.41. The highest BCUT2D eigenvalue weighted by atomic mass is 28.4. The third-order valence-corrected chi connectivity index (χ3v) is 12.7. The monoisotopic (exact) mass is 607 g/mol. The number of hydrogen-bond acceptors (Lipinski definition) is 6. The first-order chi connectivity index (χ1) is 20.1. The van der Waals surface area contributed by atoms with E-state index in [-0.39, 0.29) is 23.3 Å². The molecule has 234 valence electrons. The van der Waals surface area contributed by atoms with Crippen molar-refractivity contribution in [3.63, 3.8) is 0 Å². The molecule has 1 aliphatic rings. The molecule has 2 atom stereocenters. The Morgan fingerprint density at radius 1 is 0.953 bits per heavy atom.